The number of pyridine rings is 1. The van der Waals surface area contributed by atoms with Crippen molar-refractivity contribution in [3.05, 3.63) is 65.6 Å². The molecule has 2 aromatic heterocycles. The number of rotatable bonds is 10. The second kappa shape index (κ2) is 10.8. The van der Waals surface area contributed by atoms with Crippen LogP contribution < -0.4 is 14.2 Å². The van der Waals surface area contributed by atoms with Crippen molar-refractivity contribution < 1.29 is 36.7 Å². The van der Waals surface area contributed by atoms with Crippen molar-refractivity contribution in [3.8, 4) is 17.2 Å². The van der Waals surface area contributed by atoms with Crippen LogP contribution in [0.2, 0.25) is 0 Å². The molecule has 0 radical (unpaired) electrons. The van der Waals surface area contributed by atoms with Crippen molar-refractivity contribution in [1.82, 2.24) is 13.9 Å². The number of imidazole rings is 1. The summed E-state index contributed by atoms with van der Waals surface area (Å²) in [6.45, 7) is 3.00. The first-order valence-electron chi connectivity index (χ1n) is 11.2. The second-order valence-electron chi connectivity index (χ2n) is 8.17. The van der Waals surface area contributed by atoms with E-state index in [-0.39, 0.29) is 38.3 Å². The van der Waals surface area contributed by atoms with Crippen LogP contribution in [0.4, 0.5) is 0 Å². The summed E-state index contributed by atoms with van der Waals surface area (Å²) >= 11 is 0. The van der Waals surface area contributed by atoms with Crippen LogP contribution in [0.3, 0.4) is 0 Å². The summed E-state index contributed by atoms with van der Waals surface area (Å²) < 4.78 is 58.1. The monoisotopic (exact) mass is 559 g/mol. The van der Waals surface area contributed by atoms with Crippen molar-refractivity contribution in [2.45, 2.75) is 29.5 Å². The van der Waals surface area contributed by atoms with Gasteiger partial charge in [-0.25, -0.2) is 27.2 Å². The number of ether oxygens (including phenoxy) is 3. The lowest BCUT2D eigenvalue weighted by molar-refractivity contribution is -0.139. The molecule has 0 aliphatic rings. The van der Waals surface area contributed by atoms with Crippen molar-refractivity contribution in [2.75, 3.05) is 20.8 Å². The van der Waals surface area contributed by atoms with Crippen LogP contribution >= 0.6 is 0 Å². The van der Waals surface area contributed by atoms with Crippen LogP contribution in [0.25, 0.3) is 11.0 Å². The molecule has 0 spiro atoms. The fourth-order valence-corrected chi connectivity index (χ4v) is 6.75. The number of methoxy groups -OCH3 is 2. The molecule has 4 aromatic rings. The number of para-hydroxylation sites is 1. The maximum Gasteiger partial charge on any atom is 0.341 e. The Balaban J connectivity index is 1.82. The Hall–Kier alpha value is -3.97. The molecule has 200 valence electrons. The minimum absolute atomic E-state index is 0.0229. The number of benzene rings is 2. The van der Waals surface area contributed by atoms with Gasteiger partial charge in [0.15, 0.2) is 6.61 Å². The molecular formula is C25H25N3O8S2. The Kier molecular flexibility index (Phi) is 7.69. The van der Waals surface area contributed by atoms with E-state index in [4.69, 9.17) is 19.3 Å². The van der Waals surface area contributed by atoms with E-state index in [1.165, 1.54) is 38.5 Å². The highest BCUT2D eigenvalue weighted by atomic mass is 32.2. The zero-order valence-electron chi connectivity index (χ0n) is 21.0. The van der Waals surface area contributed by atoms with E-state index in [1.807, 2.05) is 6.92 Å². The molecule has 13 heteroatoms. The lowest BCUT2D eigenvalue weighted by Gasteiger charge is -2.13. The zero-order valence-corrected chi connectivity index (χ0v) is 22.6. The van der Waals surface area contributed by atoms with Gasteiger partial charge in [0.05, 0.1) is 41.2 Å². The number of hydrogen-bond acceptors (Lipinski definition) is 9. The number of carboxylic acids is 1. The van der Waals surface area contributed by atoms with Gasteiger partial charge in [0, 0.05) is 17.3 Å². The molecule has 38 heavy (non-hydrogen) atoms. The molecular weight excluding hydrogens is 534 g/mol. The van der Waals surface area contributed by atoms with E-state index in [2.05, 4.69) is 9.97 Å². The van der Waals surface area contributed by atoms with E-state index in [0.29, 0.717) is 17.1 Å². The topological polar surface area (TPSA) is 147 Å². The Bertz CT molecular complexity index is 1650. The minimum Gasteiger partial charge on any atom is -0.496 e. The van der Waals surface area contributed by atoms with Crippen LogP contribution in [0.5, 0.6) is 17.2 Å². The Labute approximate surface area is 221 Å². The summed E-state index contributed by atoms with van der Waals surface area (Å²) in [5.74, 6) is -0.288. The van der Waals surface area contributed by atoms with Crippen molar-refractivity contribution in [1.29, 1.82) is 0 Å². The Morgan fingerprint density at radius 2 is 1.79 bits per heavy atom. The van der Waals surface area contributed by atoms with E-state index < -0.39 is 33.4 Å². The highest BCUT2D eigenvalue weighted by Crippen LogP contribution is 2.32. The van der Waals surface area contributed by atoms with Gasteiger partial charge >= 0.3 is 5.97 Å². The van der Waals surface area contributed by atoms with Gasteiger partial charge in [-0.15, -0.1) is 0 Å². The maximum atomic E-state index is 13.8. The molecule has 1 N–H and O–H groups in total. The number of carboxylic acid groups (broad SMARTS) is 1. The van der Waals surface area contributed by atoms with Gasteiger partial charge in [-0.3, -0.25) is 4.21 Å². The summed E-state index contributed by atoms with van der Waals surface area (Å²) in [6.07, 6.45) is 1.55. The van der Waals surface area contributed by atoms with Crippen LogP contribution in [0.15, 0.2) is 58.6 Å². The summed E-state index contributed by atoms with van der Waals surface area (Å²) in [5.41, 5.74) is 1.90. The first kappa shape index (κ1) is 27.1. The van der Waals surface area contributed by atoms with Gasteiger partial charge in [0.1, 0.15) is 33.6 Å². The molecule has 0 amide bonds. The molecule has 0 saturated carbocycles. The highest BCUT2D eigenvalue weighted by molar-refractivity contribution is 7.90. The molecule has 2 aromatic carbocycles. The number of hydrogen-bond donors (Lipinski definition) is 1. The zero-order chi connectivity index (χ0) is 27.6. The van der Waals surface area contributed by atoms with E-state index in [0.717, 1.165) is 9.54 Å². The second-order valence-corrected chi connectivity index (χ2v) is 11.3. The first-order valence-corrected chi connectivity index (χ1v) is 14.0. The summed E-state index contributed by atoms with van der Waals surface area (Å²) in [5, 5.41) is 9.05. The molecule has 4 rings (SSSR count). The summed E-state index contributed by atoms with van der Waals surface area (Å²) in [4.78, 5) is 19.5. The van der Waals surface area contributed by atoms with Crippen molar-refractivity contribution in [3.63, 3.8) is 0 Å². The predicted molar refractivity (Wildman–Crippen MR) is 139 cm³/mol. The van der Waals surface area contributed by atoms with Gasteiger partial charge in [-0.05, 0) is 50.2 Å². The van der Waals surface area contributed by atoms with Crippen LogP contribution in [0.1, 0.15) is 17.0 Å². The van der Waals surface area contributed by atoms with Crippen LogP contribution in [-0.2, 0) is 31.4 Å². The van der Waals surface area contributed by atoms with Gasteiger partial charge in [-0.1, -0.05) is 6.07 Å². The molecule has 11 nitrogen and oxygen atoms in total. The molecule has 0 fully saturated rings. The third-order valence-corrected chi connectivity index (χ3v) is 8.81. The average Bonchev–Trinajstić information content (AvgIpc) is 3.26. The number of aryl methyl sites for hydroxylation is 1. The SMILES string of the molecule is COc1c(C)cnc(S(=O)Cc2nc3c(OC)cccc3n2S(=O)(=O)c2ccc(OCC(=O)O)cc2)c1C. The number of carbonyl (C=O) groups is 1. The number of nitrogens with zero attached hydrogens (tertiary/aromatic N) is 3. The van der Waals surface area contributed by atoms with Gasteiger partial charge in [0.2, 0.25) is 0 Å². The molecule has 0 bridgehead atoms. The predicted octanol–water partition coefficient (Wildman–Crippen LogP) is 3.07. The number of aromatic nitrogens is 3. The van der Waals surface area contributed by atoms with Crippen LogP contribution in [0, 0.1) is 13.8 Å². The largest absolute Gasteiger partial charge is 0.496 e. The Morgan fingerprint density at radius 3 is 2.42 bits per heavy atom. The molecule has 1 atom stereocenters. The molecule has 0 aliphatic heterocycles. The van der Waals surface area contributed by atoms with Crippen molar-refractivity contribution in [2.24, 2.45) is 0 Å². The normalized spacial score (nSPS) is 12.3. The third-order valence-electron chi connectivity index (χ3n) is 5.69. The molecule has 0 saturated heterocycles. The third kappa shape index (κ3) is 5.07. The quantitative estimate of drug-likeness (QED) is 0.307. The van der Waals surface area contributed by atoms with Gasteiger partial charge in [0.25, 0.3) is 10.0 Å². The van der Waals surface area contributed by atoms with E-state index in [1.54, 1.807) is 31.3 Å². The highest BCUT2D eigenvalue weighted by Gasteiger charge is 2.28. The first-order chi connectivity index (χ1) is 18.1. The van der Waals surface area contributed by atoms with Crippen LogP contribution in [-0.4, -0.2) is 58.5 Å². The summed E-state index contributed by atoms with van der Waals surface area (Å²) in [6, 6.07) is 10.2. The average molecular weight is 560 g/mol. The lowest BCUT2D eigenvalue weighted by Crippen LogP contribution is -2.18. The Morgan fingerprint density at radius 1 is 1.08 bits per heavy atom. The number of aliphatic carboxylic acids is 1. The fourth-order valence-electron chi connectivity index (χ4n) is 4.02. The standard InChI is InChI=1S/C25H25N3O8S2/c1-15-12-26-25(16(2)24(15)35-4)37(31)14-21-27-23-19(6-5-7-20(23)34-3)28(21)38(32,33)18-10-8-17(9-11-18)36-13-22(29)30/h5-12H,13-14H2,1-4H3,(H,29,30). The molecule has 0 aliphatic carbocycles. The lowest BCUT2D eigenvalue weighted by atomic mass is 10.2. The minimum atomic E-state index is -4.24. The van der Waals surface area contributed by atoms with E-state index >= 15 is 0 Å². The maximum absolute atomic E-state index is 13.8. The summed E-state index contributed by atoms with van der Waals surface area (Å²) in [7, 11) is -3.05. The molecule has 1 unspecified atom stereocenters. The van der Waals surface area contributed by atoms with E-state index in [9.17, 15) is 17.4 Å². The van der Waals surface area contributed by atoms with Gasteiger partial charge in [-0.2, -0.15) is 0 Å². The van der Waals surface area contributed by atoms with Gasteiger partial charge < -0.3 is 19.3 Å². The fraction of sp³-hybridized carbons (Fsp3) is 0.240. The number of fused-ring (bicyclic) bond motifs is 1. The molecule has 2 heterocycles. The van der Waals surface area contributed by atoms with Crippen molar-refractivity contribution >= 4 is 37.8 Å². The smallest absolute Gasteiger partial charge is 0.341 e.